The highest BCUT2D eigenvalue weighted by Gasteiger charge is 2.18. The predicted molar refractivity (Wildman–Crippen MR) is 81.6 cm³/mol. The molecule has 2 rings (SSSR count). The second-order valence-corrected chi connectivity index (χ2v) is 5.41. The first kappa shape index (κ1) is 15.0. The van der Waals surface area contributed by atoms with E-state index in [1.54, 1.807) is 0 Å². The van der Waals surface area contributed by atoms with E-state index in [1.165, 1.54) is 11.1 Å². The zero-order valence-corrected chi connectivity index (χ0v) is 12.6. The minimum atomic E-state index is 0.215. The quantitative estimate of drug-likeness (QED) is 0.874. The first-order valence-electron chi connectivity index (χ1n) is 7.44. The van der Waals surface area contributed by atoms with Crippen molar-refractivity contribution in [2.24, 2.45) is 0 Å². The van der Waals surface area contributed by atoms with Gasteiger partial charge in [-0.1, -0.05) is 31.2 Å². The molecule has 0 unspecified atom stereocenters. The predicted octanol–water partition coefficient (Wildman–Crippen LogP) is 1.11. The summed E-state index contributed by atoms with van der Waals surface area (Å²) < 4.78 is 0. The molecule has 4 nitrogen and oxygen atoms in total. The Labute approximate surface area is 121 Å². The molecule has 0 atom stereocenters. The largest absolute Gasteiger partial charge is 0.339 e. The number of amides is 1. The van der Waals surface area contributed by atoms with Crippen LogP contribution in [0.25, 0.3) is 0 Å². The number of piperazine rings is 1. The Kier molecular flexibility index (Phi) is 5.56. The maximum Gasteiger partial charge on any atom is 0.236 e. The van der Waals surface area contributed by atoms with Crippen molar-refractivity contribution in [2.45, 2.75) is 19.9 Å². The lowest BCUT2D eigenvalue weighted by molar-refractivity contribution is -0.131. The van der Waals surface area contributed by atoms with Crippen LogP contribution in [0.5, 0.6) is 0 Å². The number of carbonyl (C=O) groups excluding carboxylic acids is 1. The first-order valence-corrected chi connectivity index (χ1v) is 7.44. The summed E-state index contributed by atoms with van der Waals surface area (Å²) in [5.74, 6) is 0.215. The lowest BCUT2D eigenvalue weighted by Crippen LogP contribution is -2.49. The number of likely N-dealkylation sites (N-methyl/N-ethyl adjacent to an activating group) is 1. The third-order valence-corrected chi connectivity index (χ3v) is 3.95. The van der Waals surface area contributed by atoms with Crippen molar-refractivity contribution in [1.82, 2.24) is 15.1 Å². The van der Waals surface area contributed by atoms with Gasteiger partial charge in [-0.05, 0) is 24.6 Å². The van der Waals surface area contributed by atoms with Crippen LogP contribution in [0.1, 0.15) is 18.1 Å². The van der Waals surface area contributed by atoms with Gasteiger partial charge in [-0.2, -0.15) is 0 Å². The Bertz CT molecular complexity index is 439. The molecule has 0 aromatic heterocycles. The third-order valence-electron chi connectivity index (χ3n) is 3.95. The molecule has 0 spiro atoms. The fourth-order valence-electron chi connectivity index (χ4n) is 2.55. The molecule has 1 heterocycles. The van der Waals surface area contributed by atoms with Crippen molar-refractivity contribution in [2.75, 3.05) is 39.8 Å². The summed E-state index contributed by atoms with van der Waals surface area (Å²) in [7, 11) is 2.10. The molecule has 1 saturated heterocycles. The van der Waals surface area contributed by atoms with Crippen LogP contribution in [0.15, 0.2) is 24.3 Å². The van der Waals surface area contributed by atoms with Gasteiger partial charge < -0.3 is 15.1 Å². The van der Waals surface area contributed by atoms with E-state index in [1.807, 2.05) is 4.90 Å². The number of hydrogen-bond acceptors (Lipinski definition) is 3. The first-order chi connectivity index (χ1) is 9.70. The topological polar surface area (TPSA) is 35.6 Å². The van der Waals surface area contributed by atoms with Crippen molar-refractivity contribution in [3.63, 3.8) is 0 Å². The fraction of sp³-hybridized carbons (Fsp3) is 0.562. The third kappa shape index (κ3) is 4.05. The van der Waals surface area contributed by atoms with Gasteiger partial charge in [0.2, 0.25) is 5.91 Å². The molecule has 1 N–H and O–H groups in total. The smallest absolute Gasteiger partial charge is 0.236 e. The number of hydrogen-bond donors (Lipinski definition) is 1. The van der Waals surface area contributed by atoms with Gasteiger partial charge in [-0.3, -0.25) is 4.79 Å². The number of aryl methyl sites for hydroxylation is 1. The average molecular weight is 275 g/mol. The van der Waals surface area contributed by atoms with E-state index in [0.717, 1.165) is 39.1 Å². The van der Waals surface area contributed by atoms with E-state index < -0.39 is 0 Å². The van der Waals surface area contributed by atoms with Crippen LogP contribution < -0.4 is 5.32 Å². The molecule has 1 aliphatic heterocycles. The molecule has 1 aromatic carbocycles. The molecule has 1 aromatic rings. The van der Waals surface area contributed by atoms with Crippen LogP contribution in [0, 0.1) is 0 Å². The van der Waals surface area contributed by atoms with Crippen molar-refractivity contribution >= 4 is 5.91 Å². The number of nitrogens with zero attached hydrogens (tertiary/aromatic N) is 2. The molecule has 110 valence electrons. The normalized spacial score (nSPS) is 16.4. The van der Waals surface area contributed by atoms with E-state index in [-0.39, 0.29) is 5.91 Å². The lowest BCUT2D eigenvalue weighted by Gasteiger charge is -2.32. The van der Waals surface area contributed by atoms with Gasteiger partial charge in [-0.15, -0.1) is 0 Å². The van der Waals surface area contributed by atoms with Gasteiger partial charge >= 0.3 is 0 Å². The second kappa shape index (κ2) is 7.41. The van der Waals surface area contributed by atoms with Gasteiger partial charge in [-0.25, -0.2) is 0 Å². The molecular weight excluding hydrogens is 250 g/mol. The fourth-order valence-corrected chi connectivity index (χ4v) is 2.55. The number of carbonyl (C=O) groups is 1. The van der Waals surface area contributed by atoms with Crippen molar-refractivity contribution in [3.8, 4) is 0 Å². The summed E-state index contributed by atoms with van der Waals surface area (Å²) in [6.07, 6.45) is 1.03. The maximum absolute atomic E-state index is 12.1. The van der Waals surface area contributed by atoms with Gasteiger partial charge in [0.05, 0.1) is 6.54 Å². The number of nitrogens with one attached hydrogen (secondary N) is 1. The van der Waals surface area contributed by atoms with Crippen LogP contribution in [-0.4, -0.2) is 55.5 Å². The summed E-state index contributed by atoms with van der Waals surface area (Å²) >= 11 is 0. The van der Waals surface area contributed by atoms with Gasteiger partial charge in [0.15, 0.2) is 0 Å². The summed E-state index contributed by atoms with van der Waals surface area (Å²) in [4.78, 5) is 16.3. The van der Waals surface area contributed by atoms with E-state index in [0.29, 0.717) is 6.54 Å². The van der Waals surface area contributed by atoms with Gasteiger partial charge in [0, 0.05) is 32.7 Å². The number of benzene rings is 1. The van der Waals surface area contributed by atoms with Crippen molar-refractivity contribution < 1.29 is 4.79 Å². The lowest BCUT2D eigenvalue weighted by atomic mass is 10.1. The molecule has 1 amide bonds. The van der Waals surface area contributed by atoms with E-state index in [9.17, 15) is 4.79 Å². The molecule has 4 heteroatoms. The molecule has 0 saturated carbocycles. The maximum atomic E-state index is 12.1. The van der Waals surface area contributed by atoms with E-state index in [4.69, 9.17) is 0 Å². The molecule has 0 bridgehead atoms. The number of rotatable bonds is 5. The van der Waals surface area contributed by atoms with Crippen LogP contribution in [0.4, 0.5) is 0 Å². The Morgan fingerprint density at radius 1 is 1.15 bits per heavy atom. The summed E-state index contributed by atoms with van der Waals surface area (Å²) in [6.45, 7) is 7.01. The summed E-state index contributed by atoms with van der Waals surface area (Å²) in [5.41, 5.74) is 2.65. The summed E-state index contributed by atoms with van der Waals surface area (Å²) in [6, 6.07) is 8.40. The molecule has 1 fully saturated rings. The minimum Gasteiger partial charge on any atom is -0.339 e. The zero-order valence-electron chi connectivity index (χ0n) is 12.6. The van der Waals surface area contributed by atoms with Crippen molar-refractivity contribution in [3.05, 3.63) is 35.4 Å². The molecule has 20 heavy (non-hydrogen) atoms. The van der Waals surface area contributed by atoms with Gasteiger partial charge in [0.25, 0.3) is 0 Å². The average Bonchev–Trinajstić information content (AvgIpc) is 2.48. The minimum absolute atomic E-state index is 0.215. The van der Waals surface area contributed by atoms with Crippen LogP contribution in [0.3, 0.4) is 0 Å². The van der Waals surface area contributed by atoms with Gasteiger partial charge in [0.1, 0.15) is 0 Å². The van der Waals surface area contributed by atoms with Crippen LogP contribution in [-0.2, 0) is 17.8 Å². The highest BCUT2D eigenvalue weighted by molar-refractivity contribution is 5.78. The highest BCUT2D eigenvalue weighted by atomic mass is 16.2. The monoisotopic (exact) mass is 275 g/mol. The Morgan fingerprint density at radius 3 is 2.45 bits per heavy atom. The van der Waals surface area contributed by atoms with Crippen LogP contribution in [0.2, 0.25) is 0 Å². The Hall–Kier alpha value is -1.39. The van der Waals surface area contributed by atoms with E-state index in [2.05, 4.69) is 48.5 Å². The van der Waals surface area contributed by atoms with Crippen molar-refractivity contribution in [1.29, 1.82) is 0 Å². The Morgan fingerprint density at radius 2 is 1.80 bits per heavy atom. The molecule has 1 aliphatic rings. The van der Waals surface area contributed by atoms with E-state index >= 15 is 0 Å². The standard InChI is InChI=1S/C16H25N3O/c1-3-14-6-4-5-7-15(14)12-17-13-16(20)19-10-8-18(2)9-11-19/h4-7,17H,3,8-13H2,1-2H3. The van der Waals surface area contributed by atoms with Crippen LogP contribution >= 0.6 is 0 Å². The molecule has 0 aliphatic carbocycles. The highest BCUT2D eigenvalue weighted by Crippen LogP contribution is 2.08. The Balaban J connectivity index is 1.76. The zero-order chi connectivity index (χ0) is 14.4. The molecular formula is C16H25N3O. The summed E-state index contributed by atoms with van der Waals surface area (Å²) in [5, 5.41) is 3.28. The SMILES string of the molecule is CCc1ccccc1CNCC(=O)N1CCN(C)CC1. The second-order valence-electron chi connectivity index (χ2n) is 5.41. The molecule has 0 radical (unpaired) electrons.